The molecule has 3 aromatic rings. The molecule has 1 aliphatic rings. The van der Waals surface area contributed by atoms with E-state index in [1.165, 1.54) is 57.5 Å². The second-order valence-electron chi connectivity index (χ2n) is 7.16. The number of halogens is 1. The van der Waals surface area contributed by atoms with E-state index in [0.717, 1.165) is 19.3 Å². The molecule has 1 aromatic heterocycles. The molecule has 1 amide bonds. The molecule has 11 heteroatoms. The van der Waals surface area contributed by atoms with Crippen molar-refractivity contribution in [2.24, 2.45) is 0 Å². The van der Waals surface area contributed by atoms with Crippen molar-refractivity contribution in [2.45, 2.75) is 30.7 Å². The summed E-state index contributed by atoms with van der Waals surface area (Å²) in [6.45, 7) is 1.08. The van der Waals surface area contributed by atoms with Gasteiger partial charge in [-0.2, -0.15) is 8.99 Å². The largest absolute Gasteiger partial charge is 0.345 e. The summed E-state index contributed by atoms with van der Waals surface area (Å²) >= 11 is 0. The molecular formula is C20H21FN6O3S. The SMILES string of the molecule is O=C(NCc1nnnn1-c1ccc(F)cc1)c1ccc(S(=O)(=O)N2CCCCC2)cc1. The van der Waals surface area contributed by atoms with Crippen LogP contribution in [0.15, 0.2) is 53.4 Å². The Morgan fingerprint density at radius 1 is 1.00 bits per heavy atom. The number of benzene rings is 2. The van der Waals surface area contributed by atoms with Crippen LogP contribution >= 0.6 is 0 Å². The van der Waals surface area contributed by atoms with Gasteiger partial charge in [0.15, 0.2) is 5.82 Å². The van der Waals surface area contributed by atoms with Gasteiger partial charge in [-0.15, -0.1) is 5.10 Å². The predicted molar refractivity (Wildman–Crippen MR) is 109 cm³/mol. The number of hydrogen-bond donors (Lipinski definition) is 1. The van der Waals surface area contributed by atoms with Crippen molar-refractivity contribution < 1.29 is 17.6 Å². The highest BCUT2D eigenvalue weighted by molar-refractivity contribution is 7.89. The highest BCUT2D eigenvalue weighted by Gasteiger charge is 2.26. The quantitative estimate of drug-likeness (QED) is 0.622. The van der Waals surface area contributed by atoms with E-state index in [-0.39, 0.29) is 17.3 Å². The third-order valence-corrected chi connectivity index (χ3v) is 6.99. The summed E-state index contributed by atoms with van der Waals surface area (Å²) < 4.78 is 41.4. The number of carbonyl (C=O) groups is 1. The fraction of sp³-hybridized carbons (Fsp3) is 0.300. The van der Waals surface area contributed by atoms with Crippen LogP contribution in [0.2, 0.25) is 0 Å². The highest BCUT2D eigenvalue weighted by Crippen LogP contribution is 2.21. The Bertz CT molecular complexity index is 1160. The molecule has 1 saturated heterocycles. The van der Waals surface area contributed by atoms with Gasteiger partial charge in [0.2, 0.25) is 10.0 Å². The summed E-state index contributed by atoms with van der Waals surface area (Å²) in [5.41, 5.74) is 0.876. The zero-order chi connectivity index (χ0) is 21.8. The molecule has 2 aromatic carbocycles. The van der Waals surface area contributed by atoms with Crippen LogP contribution in [-0.2, 0) is 16.6 Å². The van der Waals surface area contributed by atoms with E-state index >= 15 is 0 Å². The molecule has 1 aliphatic heterocycles. The molecule has 0 bridgehead atoms. The molecule has 0 spiro atoms. The summed E-state index contributed by atoms with van der Waals surface area (Å²) in [6.07, 6.45) is 2.75. The van der Waals surface area contributed by atoms with E-state index in [1.54, 1.807) is 0 Å². The summed E-state index contributed by atoms with van der Waals surface area (Å²) in [6, 6.07) is 11.5. The molecule has 0 radical (unpaired) electrons. The number of piperidine rings is 1. The van der Waals surface area contributed by atoms with Gasteiger partial charge in [0, 0.05) is 18.7 Å². The molecular weight excluding hydrogens is 423 g/mol. The second kappa shape index (κ2) is 8.90. The number of aromatic nitrogens is 4. The number of nitrogens with zero attached hydrogens (tertiary/aromatic N) is 5. The summed E-state index contributed by atoms with van der Waals surface area (Å²) in [5, 5.41) is 14.1. The number of hydrogen-bond acceptors (Lipinski definition) is 6. The molecule has 9 nitrogen and oxygen atoms in total. The van der Waals surface area contributed by atoms with E-state index in [9.17, 15) is 17.6 Å². The number of sulfonamides is 1. The highest BCUT2D eigenvalue weighted by atomic mass is 32.2. The fourth-order valence-corrected chi connectivity index (χ4v) is 4.91. The first-order valence-corrected chi connectivity index (χ1v) is 11.3. The smallest absolute Gasteiger partial charge is 0.251 e. The lowest BCUT2D eigenvalue weighted by Crippen LogP contribution is -2.35. The lowest BCUT2D eigenvalue weighted by molar-refractivity contribution is 0.0949. The van der Waals surface area contributed by atoms with Crippen molar-refractivity contribution >= 4 is 15.9 Å². The van der Waals surface area contributed by atoms with E-state index in [1.807, 2.05) is 0 Å². The van der Waals surface area contributed by atoms with E-state index in [2.05, 4.69) is 20.8 Å². The lowest BCUT2D eigenvalue weighted by atomic mass is 10.2. The predicted octanol–water partition coefficient (Wildman–Crippen LogP) is 1.91. The Balaban J connectivity index is 1.42. The molecule has 0 saturated carbocycles. The Hall–Kier alpha value is -3.18. The van der Waals surface area contributed by atoms with Gasteiger partial charge in [0.1, 0.15) is 5.82 Å². The van der Waals surface area contributed by atoms with Crippen molar-refractivity contribution in [3.63, 3.8) is 0 Å². The van der Waals surface area contributed by atoms with Gasteiger partial charge in [0.05, 0.1) is 17.1 Å². The van der Waals surface area contributed by atoms with Crippen molar-refractivity contribution in [1.29, 1.82) is 0 Å². The van der Waals surface area contributed by atoms with Gasteiger partial charge in [-0.05, 0) is 71.8 Å². The van der Waals surface area contributed by atoms with Gasteiger partial charge in [-0.25, -0.2) is 12.8 Å². The normalized spacial score (nSPS) is 15.0. The third kappa shape index (κ3) is 4.62. The standard InChI is InChI=1S/C20H21FN6O3S/c21-16-6-8-17(9-7-16)27-19(23-24-25-27)14-22-20(28)15-4-10-18(11-5-15)31(29,30)26-12-2-1-3-13-26/h4-11H,1-3,12-14H2,(H,22,28). The van der Waals surface area contributed by atoms with Crippen molar-refractivity contribution in [3.8, 4) is 5.69 Å². The number of carbonyl (C=O) groups excluding carboxylic acids is 1. The van der Waals surface area contributed by atoms with Gasteiger partial charge in [-0.1, -0.05) is 6.42 Å². The lowest BCUT2D eigenvalue weighted by Gasteiger charge is -2.25. The van der Waals surface area contributed by atoms with E-state index < -0.39 is 15.9 Å². The van der Waals surface area contributed by atoms with E-state index in [0.29, 0.717) is 30.2 Å². The third-order valence-electron chi connectivity index (χ3n) is 5.08. The molecule has 0 unspecified atom stereocenters. The van der Waals surface area contributed by atoms with Crippen LogP contribution < -0.4 is 5.32 Å². The average molecular weight is 444 g/mol. The minimum Gasteiger partial charge on any atom is -0.345 e. The number of rotatable bonds is 6. The second-order valence-corrected chi connectivity index (χ2v) is 9.09. The molecule has 1 fully saturated rings. The minimum absolute atomic E-state index is 0.0387. The van der Waals surface area contributed by atoms with Crippen molar-refractivity contribution in [1.82, 2.24) is 29.8 Å². The van der Waals surface area contributed by atoms with Crippen LogP contribution in [0.3, 0.4) is 0 Å². The van der Waals surface area contributed by atoms with Crippen molar-refractivity contribution in [3.05, 3.63) is 65.7 Å². The first kappa shape index (κ1) is 21.1. The zero-order valence-electron chi connectivity index (χ0n) is 16.6. The van der Waals surface area contributed by atoms with Gasteiger partial charge >= 0.3 is 0 Å². The van der Waals surface area contributed by atoms with Gasteiger partial charge in [-0.3, -0.25) is 4.79 Å². The first-order valence-electron chi connectivity index (χ1n) is 9.87. The molecule has 31 heavy (non-hydrogen) atoms. The molecule has 4 rings (SSSR count). The van der Waals surface area contributed by atoms with Crippen LogP contribution in [0.5, 0.6) is 0 Å². The Labute approximate surface area is 178 Å². The monoisotopic (exact) mass is 444 g/mol. The van der Waals surface area contributed by atoms with Crippen LogP contribution in [0.1, 0.15) is 35.4 Å². The van der Waals surface area contributed by atoms with Gasteiger partial charge in [0.25, 0.3) is 5.91 Å². The van der Waals surface area contributed by atoms with E-state index in [4.69, 9.17) is 0 Å². The average Bonchev–Trinajstić information content (AvgIpc) is 3.27. The fourth-order valence-electron chi connectivity index (χ4n) is 3.39. The molecule has 0 atom stereocenters. The Kier molecular flexibility index (Phi) is 6.05. The summed E-state index contributed by atoms with van der Waals surface area (Å²) in [7, 11) is -3.55. The van der Waals surface area contributed by atoms with Crippen LogP contribution in [0.25, 0.3) is 5.69 Å². The maximum absolute atomic E-state index is 13.1. The number of amides is 1. The van der Waals surface area contributed by atoms with Crippen LogP contribution in [0.4, 0.5) is 4.39 Å². The maximum Gasteiger partial charge on any atom is 0.251 e. The summed E-state index contributed by atoms with van der Waals surface area (Å²) in [4.78, 5) is 12.7. The maximum atomic E-state index is 13.1. The van der Waals surface area contributed by atoms with Crippen LogP contribution in [0, 0.1) is 5.82 Å². The van der Waals surface area contributed by atoms with Crippen molar-refractivity contribution in [2.75, 3.05) is 13.1 Å². The van der Waals surface area contributed by atoms with Gasteiger partial charge < -0.3 is 5.32 Å². The minimum atomic E-state index is -3.55. The molecule has 1 N–H and O–H groups in total. The zero-order valence-corrected chi connectivity index (χ0v) is 17.4. The molecule has 0 aliphatic carbocycles. The number of tetrazole rings is 1. The topological polar surface area (TPSA) is 110 Å². The van der Waals surface area contributed by atoms with Crippen LogP contribution in [-0.4, -0.2) is 51.9 Å². The molecule has 162 valence electrons. The summed E-state index contributed by atoms with van der Waals surface area (Å²) in [5.74, 6) is -0.405. The Morgan fingerprint density at radius 2 is 1.68 bits per heavy atom. The first-order chi connectivity index (χ1) is 14.9. The Morgan fingerprint density at radius 3 is 2.35 bits per heavy atom. The molecule has 2 heterocycles. The number of nitrogens with one attached hydrogen (secondary N) is 1.